The average Bonchev–Trinajstić information content (AvgIpc) is 2.56. The number of aromatic nitrogens is 4. The van der Waals surface area contributed by atoms with Gasteiger partial charge in [0.2, 0.25) is 0 Å². The normalized spacial score (nSPS) is 16.2. The lowest BCUT2D eigenvalue weighted by Crippen LogP contribution is -2.26. The molecule has 0 amide bonds. The summed E-state index contributed by atoms with van der Waals surface area (Å²) in [7, 11) is 0. The molecule has 0 bridgehead atoms. The highest BCUT2D eigenvalue weighted by molar-refractivity contribution is 7.99. The second kappa shape index (κ2) is 7.22. The van der Waals surface area contributed by atoms with Crippen LogP contribution in [-0.2, 0) is 6.54 Å². The van der Waals surface area contributed by atoms with Crippen molar-refractivity contribution in [2.45, 2.75) is 57.1 Å². The van der Waals surface area contributed by atoms with Crippen LogP contribution in [0.3, 0.4) is 0 Å². The van der Waals surface area contributed by atoms with Gasteiger partial charge in [-0.15, -0.1) is 0 Å². The van der Waals surface area contributed by atoms with Gasteiger partial charge in [-0.05, 0) is 18.1 Å². The molecule has 22 heavy (non-hydrogen) atoms. The molecular formula is C16H22N4OS. The minimum atomic E-state index is -0.0511. The van der Waals surface area contributed by atoms with Crippen LogP contribution in [0, 0.1) is 5.92 Å². The van der Waals surface area contributed by atoms with Crippen LogP contribution in [0.5, 0.6) is 0 Å². The van der Waals surface area contributed by atoms with Crippen molar-refractivity contribution < 1.29 is 0 Å². The lowest BCUT2D eigenvalue weighted by molar-refractivity contribution is 0.318. The molecular weight excluding hydrogens is 296 g/mol. The fraction of sp³-hybridized carbons (Fsp3) is 0.625. The summed E-state index contributed by atoms with van der Waals surface area (Å²) < 4.78 is 1.81. The highest BCUT2D eigenvalue weighted by atomic mass is 32.2. The molecule has 5 nitrogen and oxygen atoms in total. The van der Waals surface area contributed by atoms with Gasteiger partial charge in [-0.2, -0.15) is 0 Å². The minimum Gasteiger partial charge on any atom is -0.286 e. The molecule has 118 valence electrons. The number of rotatable bonds is 5. The summed E-state index contributed by atoms with van der Waals surface area (Å²) in [6.07, 6.45) is 10.8. The van der Waals surface area contributed by atoms with Gasteiger partial charge in [-0.1, -0.05) is 50.8 Å². The summed E-state index contributed by atoms with van der Waals surface area (Å²) >= 11 is 1.60. The largest absolute Gasteiger partial charge is 0.286 e. The van der Waals surface area contributed by atoms with E-state index in [1.54, 1.807) is 28.7 Å². The van der Waals surface area contributed by atoms with Crippen LogP contribution in [-0.4, -0.2) is 25.3 Å². The molecule has 2 aromatic heterocycles. The highest BCUT2D eigenvalue weighted by Crippen LogP contribution is 2.27. The van der Waals surface area contributed by atoms with Gasteiger partial charge in [0.15, 0.2) is 16.3 Å². The van der Waals surface area contributed by atoms with Crippen LogP contribution in [0.1, 0.15) is 45.4 Å². The van der Waals surface area contributed by atoms with Gasteiger partial charge in [0.05, 0.1) is 0 Å². The predicted molar refractivity (Wildman–Crippen MR) is 89.2 cm³/mol. The molecule has 2 aromatic rings. The van der Waals surface area contributed by atoms with Crippen LogP contribution in [0.25, 0.3) is 11.2 Å². The first-order valence-corrected chi connectivity index (χ1v) is 9.12. The van der Waals surface area contributed by atoms with Crippen LogP contribution < -0.4 is 5.56 Å². The van der Waals surface area contributed by atoms with Crippen LogP contribution in [0.15, 0.2) is 22.3 Å². The van der Waals surface area contributed by atoms with Gasteiger partial charge >= 0.3 is 0 Å². The Bertz CT molecular complexity index is 694. The monoisotopic (exact) mass is 318 g/mol. The van der Waals surface area contributed by atoms with E-state index >= 15 is 0 Å². The van der Waals surface area contributed by atoms with Crippen LogP contribution in [0.2, 0.25) is 0 Å². The second-order valence-electron chi connectivity index (χ2n) is 5.81. The average molecular weight is 318 g/mol. The van der Waals surface area contributed by atoms with Crippen molar-refractivity contribution in [3.8, 4) is 0 Å². The van der Waals surface area contributed by atoms with Gasteiger partial charge in [0.1, 0.15) is 0 Å². The molecule has 1 saturated carbocycles. The number of hydrogen-bond acceptors (Lipinski definition) is 5. The zero-order valence-electron chi connectivity index (χ0n) is 13.0. The third-order valence-corrected chi connectivity index (χ3v) is 5.18. The minimum absolute atomic E-state index is 0.0511. The molecule has 6 heteroatoms. The van der Waals surface area contributed by atoms with E-state index in [1.165, 1.54) is 32.1 Å². The molecule has 0 spiro atoms. The maximum Gasteiger partial charge on any atom is 0.282 e. The Labute approximate surface area is 134 Å². The fourth-order valence-corrected chi connectivity index (χ4v) is 3.89. The Morgan fingerprint density at radius 1 is 1.23 bits per heavy atom. The number of nitrogens with zero attached hydrogens (tertiary/aromatic N) is 4. The Morgan fingerprint density at radius 3 is 2.77 bits per heavy atom. The van der Waals surface area contributed by atoms with E-state index in [0.29, 0.717) is 11.2 Å². The first-order chi connectivity index (χ1) is 10.8. The molecule has 3 rings (SSSR count). The van der Waals surface area contributed by atoms with Crippen LogP contribution >= 0.6 is 11.8 Å². The molecule has 0 aliphatic heterocycles. The first-order valence-electron chi connectivity index (χ1n) is 8.14. The Morgan fingerprint density at radius 2 is 2.00 bits per heavy atom. The molecule has 0 atom stereocenters. The summed E-state index contributed by atoms with van der Waals surface area (Å²) in [6, 6.07) is 0. The third kappa shape index (κ3) is 3.32. The van der Waals surface area contributed by atoms with E-state index in [1.807, 2.05) is 0 Å². The van der Waals surface area contributed by atoms with E-state index in [9.17, 15) is 4.79 Å². The summed E-state index contributed by atoms with van der Waals surface area (Å²) in [6.45, 7) is 2.81. The van der Waals surface area contributed by atoms with E-state index in [0.717, 1.165) is 29.8 Å². The van der Waals surface area contributed by atoms with Crippen molar-refractivity contribution in [2.24, 2.45) is 5.92 Å². The SMILES string of the molecule is CCSc1nc2nccnc2c(=O)n1CCC1CCCCC1. The van der Waals surface area contributed by atoms with Gasteiger partial charge in [0.25, 0.3) is 5.56 Å². The van der Waals surface area contributed by atoms with Crippen molar-refractivity contribution in [1.82, 2.24) is 19.5 Å². The Kier molecular flexibility index (Phi) is 5.08. The van der Waals surface area contributed by atoms with Gasteiger partial charge in [0, 0.05) is 18.9 Å². The standard InChI is InChI=1S/C16H22N4OS/c1-2-22-16-19-14-13(17-9-10-18-14)15(21)20(16)11-8-12-6-4-3-5-7-12/h9-10,12H,2-8,11H2,1H3. The number of thioether (sulfide) groups is 1. The van der Waals surface area contributed by atoms with Gasteiger partial charge < -0.3 is 0 Å². The second-order valence-corrected chi connectivity index (χ2v) is 7.04. The molecule has 0 radical (unpaired) electrons. The molecule has 0 N–H and O–H groups in total. The van der Waals surface area contributed by atoms with Gasteiger partial charge in [-0.25, -0.2) is 15.0 Å². The molecule has 1 fully saturated rings. The molecule has 0 saturated heterocycles. The topological polar surface area (TPSA) is 60.7 Å². The third-order valence-electron chi connectivity index (χ3n) is 4.32. The lowest BCUT2D eigenvalue weighted by Gasteiger charge is -2.22. The predicted octanol–water partition coefficient (Wildman–Crippen LogP) is 3.27. The van der Waals surface area contributed by atoms with Crippen molar-refractivity contribution in [3.05, 3.63) is 22.7 Å². The Balaban J connectivity index is 1.90. The maximum atomic E-state index is 12.7. The summed E-state index contributed by atoms with van der Waals surface area (Å²) in [4.78, 5) is 25.6. The van der Waals surface area contributed by atoms with Crippen molar-refractivity contribution in [1.29, 1.82) is 0 Å². The van der Waals surface area contributed by atoms with Crippen molar-refractivity contribution >= 4 is 22.9 Å². The molecule has 0 unspecified atom stereocenters. The van der Waals surface area contributed by atoms with E-state index < -0.39 is 0 Å². The van der Waals surface area contributed by atoms with Crippen molar-refractivity contribution in [2.75, 3.05) is 5.75 Å². The fourth-order valence-electron chi connectivity index (χ4n) is 3.15. The van der Waals surface area contributed by atoms with E-state index in [-0.39, 0.29) is 5.56 Å². The van der Waals surface area contributed by atoms with Gasteiger partial charge in [-0.3, -0.25) is 9.36 Å². The molecule has 2 heterocycles. The van der Waals surface area contributed by atoms with Crippen molar-refractivity contribution in [3.63, 3.8) is 0 Å². The summed E-state index contributed by atoms with van der Waals surface area (Å²) in [5.41, 5.74) is 0.786. The van der Waals surface area contributed by atoms with Crippen LogP contribution in [0.4, 0.5) is 0 Å². The quantitative estimate of drug-likeness (QED) is 0.625. The number of fused-ring (bicyclic) bond motifs is 1. The zero-order valence-corrected chi connectivity index (χ0v) is 13.8. The summed E-state index contributed by atoms with van der Waals surface area (Å²) in [5.74, 6) is 1.64. The maximum absolute atomic E-state index is 12.7. The number of hydrogen-bond donors (Lipinski definition) is 0. The smallest absolute Gasteiger partial charge is 0.282 e. The lowest BCUT2D eigenvalue weighted by atomic mass is 9.87. The van der Waals surface area contributed by atoms with E-state index in [4.69, 9.17) is 0 Å². The highest BCUT2D eigenvalue weighted by Gasteiger charge is 2.17. The summed E-state index contributed by atoms with van der Waals surface area (Å²) in [5, 5.41) is 0.774. The molecule has 1 aliphatic rings. The first kappa shape index (κ1) is 15.5. The Hall–Kier alpha value is -1.43. The molecule has 1 aliphatic carbocycles. The zero-order chi connectivity index (χ0) is 15.4. The molecule has 0 aromatic carbocycles. The van der Waals surface area contributed by atoms with E-state index in [2.05, 4.69) is 21.9 Å².